The fourth-order valence-electron chi connectivity index (χ4n) is 3.28. The number of aromatic amines is 1. The van der Waals surface area contributed by atoms with Gasteiger partial charge in [-0.05, 0) is 37.4 Å². The predicted molar refractivity (Wildman–Crippen MR) is 109 cm³/mol. The molecule has 1 atom stereocenters. The lowest BCUT2D eigenvalue weighted by atomic mass is 10.1. The van der Waals surface area contributed by atoms with Gasteiger partial charge in [0.25, 0.3) is 0 Å². The number of ether oxygens (including phenoxy) is 1. The van der Waals surface area contributed by atoms with Gasteiger partial charge >= 0.3 is 0 Å². The van der Waals surface area contributed by atoms with Crippen molar-refractivity contribution in [3.63, 3.8) is 0 Å². The van der Waals surface area contributed by atoms with E-state index in [1.54, 1.807) is 48.0 Å². The van der Waals surface area contributed by atoms with Crippen LogP contribution in [0.2, 0.25) is 0 Å². The predicted octanol–water partition coefficient (Wildman–Crippen LogP) is 1.19. The van der Waals surface area contributed by atoms with Gasteiger partial charge in [-0.15, -0.1) is 0 Å². The Bertz CT molecular complexity index is 1160. The van der Waals surface area contributed by atoms with Gasteiger partial charge in [0.05, 0.1) is 35.1 Å². The molecule has 4 rings (SSSR count). The molecule has 1 aliphatic heterocycles. The first-order valence-electron chi connectivity index (χ1n) is 9.24. The molecule has 0 radical (unpaired) electrons. The van der Waals surface area contributed by atoms with Gasteiger partial charge in [-0.25, -0.2) is 8.42 Å². The monoisotopic (exact) mass is 417 g/mol. The van der Waals surface area contributed by atoms with Crippen molar-refractivity contribution in [3.05, 3.63) is 41.3 Å². The zero-order valence-corrected chi connectivity index (χ0v) is 17.1. The van der Waals surface area contributed by atoms with Crippen molar-refractivity contribution in [1.82, 2.24) is 24.9 Å². The molecule has 1 aliphatic rings. The second-order valence-corrected chi connectivity index (χ2v) is 9.19. The van der Waals surface area contributed by atoms with Crippen LogP contribution in [0.1, 0.15) is 23.2 Å². The third-order valence-electron chi connectivity index (χ3n) is 4.98. The van der Waals surface area contributed by atoms with Crippen molar-refractivity contribution in [1.29, 1.82) is 0 Å². The van der Waals surface area contributed by atoms with E-state index in [1.807, 2.05) is 12.3 Å². The SMILES string of the molecule is CN1CCOCCS(=O)(=O)c2ccc3[nH]nc(c3c2)/C=C/c2cn(C)nc2C1O. The number of benzene rings is 1. The number of H-pyrrole nitrogens is 1. The number of hydrogen-bond acceptors (Lipinski definition) is 7. The molecule has 154 valence electrons. The van der Waals surface area contributed by atoms with Crippen molar-refractivity contribution in [3.8, 4) is 0 Å². The molecule has 0 fully saturated rings. The molecule has 2 aromatic heterocycles. The third-order valence-corrected chi connectivity index (χ3v) is 6.65. The number of likely N-dealkylation sites (N-methyl/N-ethyl adjacent to an activating group) is 1. The Kier molecular flexibility index (Phi) is 5.26. The van der Waals surface area contributed by atoms with Crippen LogP contribution in [-0.2, 0) is 21.6 Å². The average molecular weight is 417 g/mol. The topological polar surface area (TPSA) is 113 Å². The van der Waals surface area contributed by atoms with Crippen LogP contribution in [0.3, 0.4) is 0 Å². The molecule has 9 nitrogen and oxygen atoms in total. The van der Waals surface area contributed by atoms with E-state index in [2.05, 4.69) is 15.3 Å². The van der Waals surface area contributed by atoms with Crippen LogP contribution in [0, 0.1) is 0 Å². The lowest BCUT2D eigenvalue weighted by Gasteiger charge is -2.22. The Morgan fingerprint density at radius 2 is 2.07 bits per heavy atom. The van der Waals surface area contributed by atoms with E-state index in [0.29, 0.717) is 29.9 Å². The number of aliphatic hydroxyl groups excluding tert-OH is 1. The lowest BCUT2D eigenvalue weighted by molar-refractivity contribution is -0.00145. The molecule has 3 aromatic rings. The maximum Gasteiger partial charge on any atom is 0.180 e. The van der Waals surface area contributed by atoms with Crippen molar-refractivity contribution in [2.24, 2.45) is 7.05 Å². The van der Waals surface area contributed by atoms with Gasteiger partial charge in [0, 0.05) is 30.7 Å². The molecule has 2 N–H and O–H groups in total. The van der Waals surface area contributed by atoms with Crippen molar-refractivity contribution in [2.75, 3.05) is 32.6 Å². The zero-order valence-electron chi connectivity index (χ0n) is 16.2. The Labute approximate surface area is 168 Å². The van der Waals surface area contributed by atoms with Crippen LogP contribution in [-0.4, -0.2) is 71.0 Å². The molecule has 2 bridgehead atoms. The molecule has 0 aliphatic carbocycles. The third kappa shape index (κ3) is 3.97. The van der Waals surface area contributed by atoms with Crippen LogP contribution >= 0.6 is 0 Å². The summed E-state index contributed by atoms with van der Waals surface area (Å²) in [5.74, 6) is -0.113. The highest BCUT2D eigenvalue weighted by atomic mass is 32.2. The van der Waals surface area contributed by atoms with Crippen molar-refractivity contribution in [2.45, 2.75) is 11.1 Å². The molecule has 0 spiro atoms. The number of fused-ring (bicyclic) bond motifs is 2. The average Bonchev–Trinajstić information content (AvgIpc) is 3.27. The summed E-state index contributed by atoms with van der Waals surface area (Å²) in [6.45, 7) is 0.805. The Morgan fingerprint density at radius 3 is 2.90 bits per heavy atom. The largest absolute Gasteiger partial charge is 0.379 e. The summed E-state index contributed by atoms with van der Waals surface area (Å²) in [7, 11) is 0.0772. The summed E-state index contributed by atoms with van der Waals surface area (Å²) >= 11 is 0. The number of sulfone groups is 1. The summed E-state index contributed by atoms with van der Waals surface area (Å²) in [5.41, 5.74) is 2.63. The Balaban J connectivity index is 1.82. The normalized spacial score (nSPS) is 22.0. The maximum absolute atomic E-state index is 12.7. The van der Waals surface area contributed by atoms with Crippen molar-refractivity contribution < 1.29 is 18.3 Å². The molecule has 3 heterocycles. The molecular weight excluding hydrogens is 394 g/mol. The van der Waals surface area contributed by atoms with Gasteiger partial charge in [0.2, 0.25) is 0 Å². The van der Waals surface area contributed by atoms with Crippen LogP contribution in [0.15, 0.2) is 29.3 Å². The van der Waals surface area contributed by atoms with Crippen LogP contribution in [0.25, 0.3) is 23.1 Å². The molecule has 1 unspecified atom stereocenters. The maximum atomic E-state index is 12.7. The van der Waals surface area contributed by atoms with Crippen molar-refractivity contribution >= 4 is 32.9 Å². The van der Waals surface area contributed by atoms with Gasteiger partial charge in [0.15, 0.2) is 16.1 Å². The minimum absolute atomic E-state index is 0.0806. The minimum atomic E-state index is -3.48. The Morgan fingerprint density at radius 1 is 1.24 bits per heavy atom. The van der Waals surface area contributed by atoms with Crippen LogP contribution in [0.4, 0.5) is 0 Å². The van der Waals surface area contributed by atoms with E-state index in [-0.39, 0.29) is 17.3 Å². The van der Waals surface area contributed by atoms with Gasteiger partial charge in [-0.2, -0.15) is 10.2 Å². The fraction of sp³-hybridized carbons (Fsp3) is 0.368. The van der Waals surface area contributed by atoms with E-state index in [0.717, 1.165) is 11.1 Å². The minimum Gasteiger partial charge on any atom is -0.379 e. The van der Waals surface area contributed by atoms with Gasteiger partial charge in [-0.3, -0.25) is 14.7 Å². The van der Waals surface area contributed by atoms with E-state index in [1.165, 1.54) is 0 Å². The quantitative estimate of drug-likeness (QED) is 0.565. The summed E-state index contributed by atoms with van der Waals surface area (Å²) in [6.07, 6.45) is 4.50. The molecule has 0 amide bonds. The number of aliphatic hydroxyl groups is 1. The summed E-state index contributed by atoms with van der Waals surface area (Å²) < 4.78 is 32.5. The van der Waals surface area contributed by atoms with Crippen LogP contribution in [0.5, 0.6) is 0 Å². The fourth-order valence-corrected chi connectivity index (χ4v) is 4.43. The van der Waals surface area contributed by atoms with E-state index in [9.17, 15) is 13.5 Å². The van der Waals surface area contributed by atoms with E-state index < -0.39 is 16.1 Å². The summed E-state index contributed by atoms with van der Waals surface area (Å²) in [6, 6.07) is 4.92. The first-order chi connectivity index (χ1) is 13.8. The highest BCUT2D eigenvalue weighted by molar-refractivity contribution is 7.91. The second kappa shape index (κ2) is 7.71. The first kappa shape index (κ1) is 19.8. The van der Waals surface area contributed by atoms with E-state index in [4.69, 9.17) is 4.74 Å². The smallest absolute Gasteiger partial charge is 0.180 e. The highest BCUT2D eigenvalue weighted by Gasteiger charge is 2.21. The Hall–Kier alpha value is -2.53. The molecule has 10 heteroatoms. The summed E-state index contributed by atoms with van der Waals surface area (Å²) in [5, 5.41) is 23.0. The lowest BCUT2D eigenvalue weighted by Crippen LogP contribution is -2.29. The number of nitrogens with one attached hydrogen (secondary N) is 1. The standard InChI is InChI=1S/C19H23N5O4S/c1-23-7-8-28-9-10-29(26,27)14-4-6-17-15(11-14)16(20-21-17)5-3-13-12-24(2)22-18(13)19(23)25/h3-6,11-12,19,25H,7-10H2,1-2H3,(H,20,21)/b5-3+. The van der Waals surface area contributed by atoms with Gasteiger partial charge < -0.3 is 9.84 Å². The molecule has 1 aromatic carbocycles. The van der Waals surface area contributed by atoms with Gasteiger partial charge in [0.1, 0.15) is 5.69 Å². The number of hydrogen-bond donors (Lipinski definition) is 2. The number of aryl methyl sites for hydroxylation is 1. The number of rotatable bonds is 0. The molecule has 0 saturated heterocycles. The van der Waals surface area contributed by atoms with Crippen LogP contribution < -0.4 is 0 Å². The number of nitrogens with zero attached hydrogens (tertiary/aromatic N) is 4. The second-order valence-electron chi connectivity index (χ2n) is 7.08. The first-order valence-corrected chi connectivity index (χ1v) is 10.9. The zero-order chi connectivity index (χ0) is 20.6. The molecule has 0 saturated carbocycles. The highest BCUT2D eigenvalue weighted by Crippen LogP contribution is 2.25. The summed E-state index contributed by atoms with van der Waals surface area (Å²) in [4.78, 5) is 1.95. The van der Waals surface area contributed by atoms with E-state index >= 15 is 0 Å². The number of aromatic nitrogens is 4. The molecule has 29 heavy (non-hydrogen) atoms. The van der Waals surface area contributed by atoms with Gasteiger partial charge in [-0.1, -0.05) is 0 Å². The molecular formula is C19H23N5O4S.